The van der Waals surface area contributed by atoms with Crippen molar-refractivity contribution >= 4 is 21.4 Å². The largest absolute Gasteiger partial charge is 0.505 e. The van der Waals surface area contributed by atoms with Gasteiger partial charge in [-0.25, -0.2) is 9.67 Å². The maximum atomic E-state index is 12.7. The van der Waals surface area contributed by atoms with Gasteiger partial charge in [-0.1, -0.05) is 0 Å². The van der Waals surface area contributed by atoms with Crippen LogP contribution < -0.4 is 10.3 Å². The number of nitrogens with zero attached hydrogens (tertiary/aromatic N) is 4. The average molecular weight is 366 g/mol. The molecule has 1 N–H and O–H groups in total. The molecule has 7 nitrogen and oxygen atoms in total. The van der Waals surface area contributed by atoms with Gasteiger partial charge in [-0.3, -0.25) is 9.78 Å². The van der Waals surface area contributed by atoms with E-state index in [9.17, 15) is 9.90 Å². The normalized spacial score (nSPS) is 11.0. The quantitative estimate of drug-likeness (QED) is 0.600. The lowest BCUT2D eigenvalue weighted by Gasteiger charge is -2.08. The van der Waals surface area contributed by atoms with E-state index in [1.165, 1.54) is 35.4 Å². The Bertz CT molecular complexity index is 1170. The number of ether oxygens (including phenoxy) is 1. The molecular formula is C18H14N4O3S. The molecule has 0 aromatic carbocycles. The first-order valence-electron chi connectivity index (χ1n) is 7.72. The third-order valence-electron chi connectivity index (χ3n) is 4.06. The van der Waals surface area contributed by atoms with Crippen LogP contribution in [0.25, 0.3) is 32.6 Å². The van der Waals surface area contributed by atoms with Crippen molar-refractivity contribution in [3.05, 3.63) is 52.5 Å². The number of aromatic hydroxyl groups is 1. The molecule has 0 fully saturated rings. The number of pyridine rings is 2. The molecule has 4 heterocycles. The molecule has 0 aliphatic carbocycles. The highest BCUT2D eigenvalue weighted by Crippen LogP contribution is 2.38. The highest BCUT2D eigenvalue weighted by atomic mass is 32.1. The van der Waals surface area contributed by atoms with Crippen LogP contribution in [0.4, 0.5) is 0 Å². The molecule has 0 radical (unpaired) electrons. The summed E-state index contributed by atoms with van der Waals surface area (Å²) in [4.78, 5) is 21.0. The molecule has 26 heavy (non-hydrogen) atoms. The second-order valence-corrected chi connectivity index (χ2v) is 6.49. The van der Waals surface area contributed by atoms with E-state index in [2.05, 4.69) is 15.1 Å². The second kappa shape index (κ2) is 6.23. The van der Waals surface area contributed by atoms with Gasteiger partial charge in [0.25, 0.3) is 5.56 Å². The Balaban J connectivity index is 2.03. The minimum atomic E-state index is -0.204. The Kier molecular flexibility index (Phi) is 3.89. The number of thiophene rings is 1. The molecule has 0 spiro atoms. The first kappa shape index (κ1) is 16.2. The maximum absolute atomic E-state index is 12.7. The van der Waals surface area contributed by atoms with Crippen LogP contribution in [-0.2, 0) is 7.05 Å². The SMILES string of the molecule is COc1cnc(-c2nn(C)c(=O)c3c(-c4ccncc4)csc23)c(O)c1. The van der Waals surface area contributed by atoms with Crippen molar-refractivity contribution in [3.8, 4) is 34.0 Å². The molecule has 0 bridgehead atoms. The lowest BCUT2D eigenvalue weighted by Crippen LogP contribution is -2.20. The Morgan fingerprint density at radius 1 is 1.23 bits per heavy atom. The Labute approximate surface area is 152 Å². The van der Waals surface area contributed by atoms with E-state index in [1.807, 2.05) is 17.5 Å². The van der Waals surface area contributed by atoms with E-state index >= 15 is 0 Å². The molecule has 4 aromatic heterocycles. The van der Waals surface area contributed by atoms with Gasteiger partial charge in [0.05, 0.1) is 23.4 Å². The van der Waals surface area contributed by atoms with Crippen LogP contribution in [-0.4, -0.2) is 32.0 Å². The van der Waals surface area contributed by atoms with Crippen molar-refractivity contribution in [2.24, 2.45) is 7.05 Å². The van der Waals surface area contributed by atoms with Gasteiger partial charge >= 0.3 is 0 Å². The molecule has 0 saturated carbocycles. The van der Waals surface area contributed by atoms with E-state index in [0.717, 1.165) is 11.1 Å². The summed E-state index contributed by atoms with van der Waals surface area (Å²) in [6, 6.07) is 5.17. The van der Waals surface area contributed by atoms with Crippen LogP contribution in [0.15, 0.2) is 47.0 Å². The van der Waals surface area contributed by atoms with E-state index in [-0.39, 0.29) is 11.3 Å². The van der Waals surface area contributed by atoms with Gasteiger partial charge in [-0.2, -0.15) is 5.10 Å². The minimum Gasteiger partial charge on any atom is -0.505 e. The molecule has 130 valence electrons. The van der Waals surface area contributed by atoms with Crippen LogP contribution in [0, 0.1) is 0 Å². The number of aryl methyl sites for hydroxylation is 1. The van der Waals surface area contributed by atoms with Crippen LogP contribution in [0.2, 0.25) is 0 Å². The van der Waals surface area contributed by atoms with Crippen LogP contribution in [0.3, 0.4) is 0 Å². The van der Waals surface area contributed by atoms with Crippen LogP contribution in [0.1, 0.15) is 0 Å². The molecule has 0 aliphatic rings. The number of rotatable bonds is 3. The first-order valence-corrected chi connectivity index (χ1v) is 8.60. The lowest BCUT2D eigenvalue weighted by molar-refractivity contribution is 0.405. The zero-order chi connectivity index (χ0) is 18.3. The number of hydrogen-bond donors (Lipinski definition) is 1. The summed E-state index contributed by atoms with van der Waals surface area (Å²) in [7, 11) is 3.08. The Morgan fingerprint density at radius 2 is 2.00 bits per heavy atom. The van der Waals surface area contributed by atoms with Gasteiger partial charge in [0.1, 0.15) is 22.9 Å². The predicted molar refractivity (Wildman–Crippen MR) is 99.5 cm³/mol. The topological polar surface area (TPSA) is 90.1 Å². The number of aromatic nitrogens is 4. The number of hydrogen-bond acceptors (Lipinski definition) is 7. The van der Waals surface area contributed by atoms with E-state index in [4.69, 9.17) is 4.74 Å². The number of methoxy groups -OCH3 is 1. The third-order valence-corrected chi connectivity index (χ3v) is 5.04. The monoisotopic (exact) mass is 366 g/mol. The highest BCUT2D eigenvalue weighted by molar-refractivity contribution is 7.18. The lowest BCUT2D eigenvalue weighted by atomic mass is 10.1. The number of fused-ring (bicyclic) bond motifs is 1. The highest BCUT2D eigenvalue weighted by Gasteiger charge is 2.20. The molecule has 8 heteroatoms. The van der Waals surface area contributed by atoms with E-state index in [1.54, 1.807) is 19.4 Å². The summed E-state index contributed by atoms with van der Waals surface area (Å²) in [5.41, 5.74) is 2.25. The smallest absolute Gasteiger partial charge is 0.275 e. The molecule has 0 aliphatic heterocycles. The second-order valence-electron chi connectivity index (χ2n) is 5.61. The fraction of sp³-hybridized carbons (Fsp3) is 0.111. The molecular weight excluding hydrogens is 352 g/mol. The summed E-state index contributed by atoms with van der Waals surface area (Å²) in [5, 5.41) is 17.1. The molecule has 0 atom stereocenters. The van der Waals surface area contributed by atoms with Crippen molar-refractivity contribution in [1.82, 2.24) is 19.7 Å². The van der Waals surface area contributed by atoms with Crippen molar-refractivity contribution in [1.29, 1.82) is 0 Å². The van der Waals surface area contributed by atoms with Crippen molar-refractivity contribution in [2.45, 2.75) is 0 Å². The van der Waals surface area contributed by atoms with Crippen LogP contribution in [0.5, 0.6) is 11.5 Å². The predicted octanol–water partition coefficient (Wildman–Crippen LogP) is 2.83. The fourth-order valence-corrected chi connectivity index (χ4v) is 3.83. The van der Waals surface area contributed by atoms with Gasteiger partial charge in [-0.15, -0.1) is 11.3 Å². The van der Waals surface area contributed by atoms with E-state index in [0.29, 0.717) is 27.2 Å². The summed E-state index contributed by atoms with van der Waals surface area (Å²) in [6.45, 7) is 0. The molecule has 0 unspecified atom stereocenters. The van der Waals surface area contributed by atoms with Crippen molar-refractivity contribution in [3.63, 3.8) is 0 Å². The maximum Gasteiger partial charge on any atom is 0.275 e. The summed E-state index contributed by atoms with van der Waals surface area (Å²) in [6.07, 6.45) is 4.87. The molecule has 0 amide bonds. The zero-order valence-electron chi connectivity index (χ0n) is 14.0. The zero-order valence-corrected chi connectivity index (χ0v) is 14.8. The van der Waals surface area contributed by atoms with Gasteiger partial charge in [0.2, 0.25) is 0 Å². The third kappa shape index (κ3) is 2.51. The Hall–Kier alpha value is -3.26. The van der Waals surface area contributed by atoms with Gasteiger partial charge < -0.3 is 9.84 Å². The Morgan fingerprint density at radius 3 is 2.69 bits per heavy atom. The van der Waals surface area contributed by atoms with Crippen LogP contribution >= 0.6 is 11.3 Å². The molecule has 4 aromatic rings. The summed E-state index contributed by atoms with van der Waals surface area (Å²) in [5.74, 6) is 0.381. The molecule has 4 rings (SSSR count). The minimum absolute atomic E-state index is 0.0596. The average Bonchev–Trinajstić information content (AvgIpc) is 3.11. The van der Waals surface area contributed by atoms with Gasteiger partial charge in [0, 0.05) is 36.5 Å². The van der Waals surface area contributed by atoms with Gasteiger partial charge in [0.15, 0.2) is 0 Å². The fourth-order valence-electron chi connectivity index (χ4n) is 2.77. The van der Waals surface area contributed by atoms with Gasteiger partial charge in [-0.05, 0) is 17.7 Å². The summed E-state index contributed by atoms with van der Waals surface area (Å²) < 4.78 is 7.02. The molecule has 0 saturated heterocycles. The van der Waals surface area contributed by atoms with Crippen molar-refractivity contribution in [2.75, 3.05) is 7.11 Å². The first-order chi connectivity index (χ1) is 12.6. The van der Waals surface area contributed by atoms with Crippen molar-refractivity contribution < 1.29 is 9.84 Å². The standard InChI is InChI=1S/C18H14N4O3S/c1-22-18(24)14-12(10-3-5-19-6-4-10)9-26-17(14)16(21-22)15-13(23)7-11(25-2)8-20-15/h3-9,23H,1-2H3. The van der Waals surface area contributed by atoms with E-state index < -0.39 is 0 Å². The summed E-state index contributed by atoms with van der Waals surface area (Å²) >= 11 is 1.39.